The highest BCUT2D eigenvalue weighted by Crippen LogP contribution is 2.32. The average molecular weight is 434 g/mol. The lowest BCUT2D eigenvalue weighted by molar-refractivity contribution is 0.0838. The van der Waals surface area contributed by atoms with E-state index in [2.05, 4.69) is 56.4 Å². The first-order chi connectivity index (χ1) is 15.4. The maximum absolute atomic E-state index is 12.2. The van der Waals surface area contributed by atoms with Gasteiger partial charge in [-0.25, -0.2) is 0 Å². The number of carbonyl (C=O) groups is 1. The summed E-state index contributed by atoms with van der Waals surface area (Å²) in [4.78, 5) is 12.2. The standard InChI is InChI=1S/C27H31NO4/c1-18(23-9-10-24-20(3)26(31-4)16-19(2)25(24)17-23)15-21-5-7-22(8-6-21)27(30)28-11-13-32-14-12-29/h5-10,15-17,29H,11-14H2,1-4H3,(H,28,30). The molecular formula is C27H31NO4. The number of hydrogen-bond donors (Lipinski definition) is 2. The van der Waals surface area contributed by atoms with Crippen LogP contribution in [0, 0.1) is 13.8 Å². The van der Waals surface area contributed by atoms with E-state index in [4.69, 9.17) is 14.6 Å². The van der Waals surface area contributed by atoms with E-state index < -0.39 is 0 Å². The Labute approximate surface area is 189 Å². The summed E-state index contributed by atoms with van der Waals surface area (Å²) in [6, 6.07) is 16.1. The zero-order valence-corrected chi connectivity index (χ0v) is 19.2. The Morgan fingerprint density at radius 3 is 2.41 bits per heavy atom. The van der Waals surface area contributed by atoms with Gasteiger partial charge in [0.25, 0.3) is 5.91 Å². The van der Waals surface area contributed by atoms with Crippen LogP contribution in [0.2, 0.25) is 0 Å². The highest BCUT2D eigenvalue weighted by atomic mass is 16.5. The molecule has 0 aliphatic carbocycles. The molecule has 0 atom stereocenters. The van der Waals surface area contributed by atoms with Crippen molar-refractivity contribution in [3.8, 4) is 5.75 Å². The molecule has 5 heteroatoms. The molecule has 0 aliphatic rings. The van der Waals surface area contributed by atoms with E-state index in [1.54, 1.807) is 7.11 Å². The van der Waals surface area contributed by atoms with Gasteiger partial charge >= 0.3 is 0 Å². The summed E-state index contributed by atoms with van der Waals surface area (Å²) in [5.41, 5.74) is 6.29. The molecule has 32 heavy (non-hydrogen) atoms. The minimum absolute atomic E-state index is 0.0183. The fraction of sp³-hybridized carbons (Fsp3) is 0.296. The van der Waals surface area contributed by atoms with Crippen molar-refractivity contribution in [2.45, 2.75) is 20.8 Å². The van der Waals surface area contributed by atoms with Crippen molar-refractivity contribution in [3.63, 3.8) is 0 Å². The van der Waals surface area contributed by atoms with E-state index in [0.29, 0.717) is 18.7 Å². The Kier molecular flexibility index (Phi) is 8.03. The quantitative estimate of drug-likeness (QED) is 0.377. The molecule has 168 valence electrons. The maximum Gasteiger partial charge on any atom is 0.251 e. The number of aryl methyl sites for hydroxylation is 2. The Bertz CT molecular complexity index is 1120. The number of hydrogen-bond acceptors (Lipinski definition) is 4. The lowest BCUT2D eigenvalue weighted by Gasteiger charge is -2.13. The first-order valence-electron chi connectivity index (χ1n) is 10.8. The number of amides is 1. The number of nitrogens with one attached hydrogen (secondary N) is 1. The molecule has 3 aromatic rings. The highest BCUT2D eigenvalue weighted by molar-refractivity contribution is 5.95. The second kappa shape index (κ2) is 10.9. The Hall–Kier alpha value is -3.15. The molecule has 0 bridgehead atoms. The van der Waals surface area contributed by atoms with Crippen LogP contribution in [0.1, 0.15) is 39.5 Å². The minimum atomic E-state index is -0.138. The number of aliphatic hydroxyl groups is 1. The van der Waals surface area contributed by atoms with E-state index in [0.717, 1.165) is 28.0 Å². The van der Waals surface area contributed by atoms with Crippen molar-refractivity contribution in [1.82, 2.24) is 5.32 Å². The van der Waals surface area contributed by atoms with Crippen LogP contribution in [-0.2, 0) is 4.74 Å². The third-order valence-corrected chi connectivity index (χ3v) is 5.56. The predicted molar refractivity (Wildman–Crippen MR) is 130 cm³/mol. The van der Waals surface area contributed by atoms with Gasteiger partial charge in [-0.2, -0.15) is 0 Å². The van der Waals surface area contributed by atoms with Crippen LogP contribution in [0.3, 0.4) is 0 Å². The summed E-state index contributed by atoms with van der Waals surface area (Å²) < 4.78 is 10.6. The van der Waals surface area contributed by atoms with Crippen LogP contribution >= 0.6 is 0 Å². The first kappa shape index (κ1) is 23.5. The van der Waals surface area contributed by atoms with Crippen molar-refractivity contribution in [3.05, 3.63) is 76.3 Å². The summed E-state index contributed by atoms with van der Waals surface area (Å²) in [7, 11) is 1.71. The second-order valence-corrected chi connectivity index (χ2v) is 7.82. The minimum Gasteiger partial charge on any atom is -0.496 e. The number of methoxy groups -OCH3 is 1. The molecule has 0 unspecified atom stereocenters. The molecule has 0 aliphatic heterocycles. The van der Waals surface area contributed by atoms with Gasteiger partial charge in [0.2, 0.25) is 0 Å². The fourth-order valence-electron chi connectivity index (χ4n) is 3.74. The van der Waals surface area contributed by atoms with E-state index in [1.165, 1.54) is 16.3 Å². The molecule has 3 rings (SSSR count). The molecule has 5 nitrogen and oxygen atoms in total. The molecular weight excluding hydrogens is 402 g/mol. The van der Waals surface area contributed by atoms with Crippen molar-refractivity contribution < 1.29 is 19.4 Å². The molecule has 0 saturated carbocycles. The largest absolute Gasteiger partial charge is 0.496 e. The van der Waals surface area contributed by atoms with Crippen molar-refractivity contribution in [2.75, 3.05) is 33.5 Å². The van der Waals surface area contributed by atoms with Gasteiger partial charge in [0, 0.05) is 12.1 Å². The predicted octanol–water partition coefficient (Wildman–Crippen LogP) is 4.76. The van der Waals surface area contributed by atoms with Crippen LogP contribution in [-0.4, -0.2) is 44.5 Å². The van der Waals surface area contributed by atoms with Crippen molar-refractivity contribution in [1.29, 1.82) is 0 Å². The smallest absolute Gasteiger partial charge is 0.251 e. The molecule has 0 spiro atoms. The molecule has 0 saturated heterocycles. The lowest BCUT2D eigenvalue weighted by atomic mass is 9.95. The SMILES string of the molecule is COc1cc(C)c2cc(C(C)=Cc3ccc(C(=O)NCCOCCO)cc3)ccc2c1C. The van der Waals surface area contributed by atoms with Crippen LogP contribution in [0.25, 0.3) is 22.4 Å². The van der Waals surface area contributed by atoms with Crippen LogP contribution in [0.4, 0.5) is 0 Å². The zero-order valence-electron chi connectivity index (χ0n) is 19.2. The van der Waals surface area contributed by atoms with Gasteiger partial charge in [-0.1, -0.05) is 30.3 Å². The molecule has 0 heterocycles. The van der Waals surface area contributed by atoms with E-state index in [-0.39, 0.29) is 19.1 Å². The van der Waals surface area contributed by atoms with Gasteiger partial charge in [0.15, 0.2) is 0 Å². The number of fused-ring (bicyclic) bond motifs is 1. The third kappa shape index (κ3) is 5.55. The topological polar surface area (TPSA) is 67.8 Å². The van der Waals surface area contributed by atoms with Crippen molar-refractivity contribution in [2.24, 2.45) is 0 Å². The van der Waals surface area contributed by atoms with Crippen LogP contribution < -0.4 is 10.1 Å². The normalized spacial score (nSPS) is 11.6. The van der Waals surface area contributed by atoms with Crippen LogP contribution in [0.15, 0.2) is 48.5 Å². The molecule has 3 aromatic carbocycles. The van der Waals surface area contributed by atoms with Crippen molar-refractivity contribution >= 4 is 28.3 Å². The van der Waals surface area contributed by atoms with Gasteiger partial charge in [-0.3, -0.25) is 4.79 Å². The Morgan fingerprint density at radius 1 is 1.00 bits per heavy atom. The second-order valence-electron chi connectivity index (χ2n) is 7.82. The summed E-state index contributed by atoms with van der Waals surface area (Å²) in [6.45, 7) is 7.34. The number of allylic oxidation sites excluding steroid dienone is 1. The highest BCUT2D eigenvalue weighted by Gasteiger charge is 2.09. The van der Waals surface area contributed by atoms with E-state index in [9.17, 15) is 4.79 Å². The number of carbonyl (C=O) groups excluding carboxylic acids is 1. The monoisotopic (exact) mass is 433 g/mol. The van der Waals surface area contributed by atoms with Gasteiger partial charge in [0.1, 0.15) is 5.75 Å². The summed E-state index contributed by atoms with van der Waals surface area (Å²) >= 11 is 0. The molecule has 0 aromatic heterocycles. The number of benzene rings is 3. The molecule has 1 amide bonds. The first-order valence-corrected chi connectivity index (χ1v) is 10.8. The molecule has 0 radical (unpaired) electrons. The molecule has 0 fully saturated rings. The maximum atomic E-state index is 12.2. The van der Waals surface area contributed by atoms with Gasteiger partial charge in [-0.05, 0) is 83.6 Å². The number of aliphatic hydroxyl groups excluding tert-OH is 1. The average Bonchev–Trinajstić information content (AvgIpc) is 2.81. The van der Waals surface area contributed by atoms with Crippen LogP contribution in [0.5, 0.6) is 5.75 Å². The number of ether oxygens (including phenoxy) is 2. The fourth-order valence-corrected chi connectivity index (χ4v) is 3.74. The third-order valence-electron chi connectivity index (χ3n) is 5.56. The van der Waals surface area contributed by atoms with Gasteiger partial charge < -0.3 is 19.9 Å². The summed E-state index contributed by atoms with van der Waals surface area (Å²) in [5, 5.41) is 13.9. The van der Waals surface area contributed by atoms with Gasteiger partial charge in [0.05, 0.1) is 26.9 Å². The Morgan fingerprint density at radius 2 is 1.72 bits per heavy atom. The summed E-state index contributed by atoms with van der Waals surface area (Å²) in [6.07, 6.45) is 2.12. The van der Waals surface area contributed by atoms with Gasteiger partial charge in [-0.15, -0.1) is 0 Å². The lowest BCUT2D eigenvalue weighted by Crippen LogP contribution is -2.27. The number of rotatable bonds is 9. The summed E-state index contributed by atoms with van der Waals surface area (Å²) in [5.74, 6) is 0.775. The zero-order chi connectivity index (χ0) is 23.1. The Balaban J connectivity index is 1.73. The van der Waals surface area contributed by atoms with E-state index >= 15 is 0 Å². The van der Waals surface area contributed by atoms with E-state index in [1.807, 2.05) is 24.3 Å². The molecule has 2 N–H and O–H groups in total.